The van der Waals surface area contributed by atoms with Gasteiger partial charge in [-0.15, -0.1) is 11.3 Å². The Bertz CT molecular complexity index is 1190. The van der Waals surface area contributed by atoms with Gasteiger partial charge in [0.25, 0.3) is 10.0 Å². The third-order valence-corrected chi connectivity index (χ3v) is 9.73. The average Bonchev–Trinajstić information content (AvgIpc) is 3.53. The Hall–Kier alpha value is -2.05. The fourth-order valence-corrected chi connectivity index (χ4v) is 7.56. The second kappa shape index (κ2) is 9.44. The van der Waals surface area contributed by atoms with Gasteiger partial charge in [-0.25, -0.2) is 13.4 Å². The van der Waals surface area contributed by atoms with Crippen LogP contribution in [-0.2, 0) is 14.8 Å². The van der Waals surface area contributed by atoms with Crippen molar-refractivity contribution in [2.24, 2.45) is 0 Å². The number of hydrogen-bond donors (Lipinski definition) is 0. The van der Waals surface area contributed by atoms with Gasteiger partial charge in [0.15, 0.2) is 5.13 Å². The molecular weight excluding hydrogens is 468 g/mol. The van der Waals surface area contributed by atoms with E-state index in [0.717, 1.165) is 4.70 Å². The Balaban J connectivity index is 1.69. The average molecular weight is 495 g/mol. The van der Waals surface area contributed by atoms with E-state index in [1.807, 2.05) is 37.2 Å². The zero-order valence-corrected chi connectivity index (χ0v) is 20.7. The predicted molar refractivity (Wildman–Crippen MR) is 128 cm³/mol. The number of thiazole rings is 1. The van der Waals surface area contributed by atoms with Crippen molar-refractivity contribution in [3.05, 3.63) is 35.7 Å². The number of anilines is 1. The molecule has 1 aliphatic rings. The summed E-state index contributed by atoms with van der Waals surface area (Å²) in [6, 6.07) is 8.23. The van der Waals surface area contributed by atoms with Crippen LogP contribution in [0.3, 0.4) is 0 Å². The van der Waals surface area contributed by atoms with Crippen molar-refractivity contribution in [3.8, 4) is 5.75 Å². The van der Waals surface area contributed by atoms with Crippen molar-refractivity contribution < 1.29 is 17.9 Å². The molecule has 11 heteroatoms. The standard InChI is InChI=1S/C21H26N4O4S3/c1-23(2)12-13-24(21-22-19-16(29-3)8-4-9-17(19)31-21)20(26)15-7-5-11-25(15)32(27,28)18-10-6-14-30-18/h4,6,8-10,14-15H,5,7,11-13H2,1-3H3. The predicted octanol–water partition coefficient (Wildman–Crippen LogP) is 3.11. The van der Waals surface area contributed by atoms with Crippen LogP contribution < -0.4 is 9.64 Å². The molecule has 1 amide bonds. The first kappa shape index (κ1) is 23.1. The lowest BCUT2D eigenvalue weighted by Crippen LogP contribution is -2.49. The number of sulfonamides is 1. The van der Waals surface area contributed by atoms with Crippen LogP contribution in [0.4, 0.5) is 5.13 Å². The molecule has 1 aromatic carbocycles. The smallest absolute Gasteiger partial charge is 0.253 e. The molecule has 8 nitrogen and oxygen atoms in total. The number of aromatic nitrogens is 1. The van der Waals surface area contributed by atoms with Crippen LogP contribution in [0.25, 0.3) is 10.2 Å². The maximum Gasteiger partial charge on any atom is 0.253 e. The van der Waals surface area contributed by atoms with Crippen LogP contribution in [0.2, 0.25) is 0 Å². The fourth-order valence-electron chi connectivity index (χ4n) is 3.77. The molecule has 1 atom stereocenters. The van der Waals surface area contributed by atoms with Gasteiger partial charge in [0.2, 0.25) is 5.91 Å². The lowest BCUT2D eigenvalue weighted by atomic mass is 10.2. The van der Waals surface area contributed by atoms with E-state index in [0.29, 0.717) is 48.9 Å². The Morgan fingerprint density at radius 3 is 2.75 bits per heavy atom. The summed E-state index contributed by atoms with van der Waals surface area (Å²) < 4.78 is 34.3. The molecule has 3 aromatic rings. The third kappa shape index (κ3) is 4.40. The first-order valence-electron chi connectivity index (χ1n) is 10.3. The van der Waals surface area contributed by atoms with Crippen molar-refractivity contribution in [3.63, 3.8) is 0 Å². The van der Waals surface area contributed by atoms with Crippen molar-refractivity contribution in [2.45, 2.75) is 23.1 Å². The van der Waals surface area contributed by atoms with Gasteiger partial charge in [-0.2, -0.15) is 4.31 Å². The molecule has 1 saturated heterocycles. The molecule has 3 heterocycles. The number of rotatable bonds is 8. The molecule has 0 radical (unpaired) electrons. The number of nitrogens with zero attached hydrogens (tertiary/aromatic N) is 4. The summed E-state index contributed by atoms with van der Waals surface area (Å²) >= 11 is 2.58. The molecule has 0 spiro atoms. The zero-order chi connectivity index (χ0) is 22.9. The highest BCUT2D eigenvalue weighted by Crippen LogP contribution is 2.36. The lowest BCUT2D eigenvalue weighted by Gasteiger charge is -2.29. The Labute approximate surface area is 196 Å². The maximum atomic E-state index is 13.8. The number of carbonyl (C=O) groups is 1. The monoisotopic (exact) mass is 494 g/mol. The molecule has 2 aromatic heterocycles. The van der Waals surface area contributed by atoms with Crippen molar-refractivity contribution >= 4 is 54.0 Å². The Morgan fingerprint density at radius 2 is 2.06 bits per heavy atom. The number of para-hydroxylation sites is 1. The summed E-state index contributed by atoms with van der Waals surface area (Å²) in [4.78, 5) is 22.1. The van der Waals surface area contributed by atoms with Crippen LogP contribution in [0.15, 0.2) is 39.9 Å². The SMILES string of the molecule is COc1cccc2sc(N(CCN(C)C)C(=O)C3CCCN3S(=O)(=O)c3cccs3)nc12. The van der Waals surface area contributed by atoms with Gasteiger partial charge in [0.1, 0.15) is 21.5 Å². The highest BCUT2D eigenvalue weighted by Gasteiger charge is 2.42. The molecule has 0 aliphatic carbocycles. The molecular formula is C21H26N4O4S3. The highest BCUT2D eigenvalue weighted by molar-refractivity contribution is 7.91. The molecule has 1 aliphatic heterocycles. The molecule has 0 saturated carbocycles. The summed E-state index contributed by atoms with van der Waals surface area (Å²) in [6.45, 7) is 1.38. The van der Waals surface area contributed by atoms with E-state index in [9.17, 15) is 13.2 Å². The van der Waals surface area contributed by atoms with Crippen molar-refractivity contribution in [2.75, 3.05) is 45.7 Å². The van der Waals surface area contributed by atoms with Crippen LogP contribution in [0.5, 0.6) is 5.75 Å². The van der Waals surface area contributed by atoms with Gasteiger partial charge in [-0.05, 0) is 50.5 Å². The van der Waals surface area contributed by atoms with E-state index in [1.54, 1.807) is 29.5 Å². The number of fused-ring (bicyclic) bond motifs is 1. The van der Waals surface area contributed by atoms with Crippen LogP contribution in [0, 0.1) is 0 Å². The molecule has 1 unspecified atom stereocenters. The summed E-state index contributed by atoms with van der Waals surface area (Å²) in [6.07, 6.45) is 1.15. The van der Waals surface area contributed by atoms with E-state index >= 15 is 0 Å². The molecule has 1 fully saturated rings. The second-order valence-corrected chi connectivity index (χ2v) is 11.9. The molecule has 4 rings (SSSR count). The van der Waals surface area contributed by atoms with E-state index in [2.05, 4.69) is 0 Å². The van der Waals surface area contributed by atoms with E-state index in [-0.39, 0.29) is 10.1 Å². The Kier molecular flexibility index (Phi) is 6.82. The van der Waals surface area contributed by atoms with E-state index in [4.69, 9.17) is 9.72 Å². The number of thiophene rings is 1. The first-order chi connectivity index (χ1) is 15.3. The quantitative estimate of drug-likeness (QED) is 0.479. The van der Waals surface area contributed by atoms with Gasteiger partial charge < -0.3 is 9.64 Å². The molecule has 172 valence electrons. The van der Waals surface area contributed by atoms with Crippen molar-refractivity contribution in [1.82, 2.24) is 14.2 Å². The first-order valence-corrected chi connectivity index (χ1v) is 13.4. The lowest BCUT2D eigenvalue weighted by molar-refractivity contribution is -0.121. The largest absolute Gasteiger partial charge is 0.494 e. The molecule has 0 N–H and O–H groups in total. The minimum absolute atomic E-state index is 0.234. The van der Waals surface area contributed by atoms with Gasteiger partial charge in [0.05, 0.1) is 11.8 Å². The number of amides is 1. The van der Waals surface area contributed by atoms with E-state index < -0.39 is 16.1 Å². The number of carbonyl (C=O) groups excluding carboxylic acids is 1. The fraction of sp³-hybridized carbons (Fsp3) is 0.429. The minimum atomic E-state index is -3.71. The number of methoxy groups -OCH3 is 1. The summed E-state index contributed by atoms with van der Waals surface area (Å²) in [5.74, 6) is 0.412. The second-order valence-electron chi connectivity index (χ2n) is 7.80. The van der Waals surface area contributed by atoms with Gasteiger partial charge >= 0.3 is 0 Å². The third-order valence-electron chi connectivity index (χ3n) is 5.41. The number of hydrogen-bond acceptors (Lipinski definition) is 8. The van der Waals surface area contributed by atoms with Gasteiger partial charge in [-0.1, -0.05) is 23.5 Å². The van der Waals surface area contributed by atoms with Crippen LogP contribution in [-0.4, -0.2) is 75.4 Å². The number of likely N-dealkylation sites (N-methyl/N-ethyl adjacent to an activating group) is 1. The topological polar surface area (TPSA) is 83.0 Å². The summed E-state index contributed by atoms with van der Waals surface area (Å²) in [7, 11) is 1.75. The number of benzene rings is 1. The van der Waals surface area contributed by atoms with Gasteiger partial charge in [0, 0.05) is 19.6 Å². The minimum Gasteiger partial charge on any atom is -0.494 e. The summed E-state index contributed by atoms with van der Waals surface area (Å²) in [5, 5.41) is 2.29. The van der Waals surface area contributed by atoms with E-state index in [1.165, 1.54) is 27.0 Å². The Morgan fingerprint density at radius 1 is 1.25 bits per heavy atom. The van der Waals surface area contributed by atoms with Crippen LogP contribution >= 0.6 is 22.7 Å². The zero-order valence-electron chi connectivity index (χ0n) is 18.2. The normalized spacial score (nSPS) is 17.3. The molecule has 0 bridgehead atoms. The summed E-state index contributed by atoms with van der Waals surface area (Å²) in [5.41, 5.74) is 0.701. The van der Waals surface area contributed by atoms with Gasteiger partial charge in [-0.3, -0.25) is 9.69 Å². The molecule has 32 heavy (non-hydrogen) atoms. The number of ether oxygens (including phenoxy) is 1. The highest BCUT2D eigenvalue weighted by atomic mass is 32.2. The van der Waals surface area contributed by atoms with Crippen LogP contribution in [0.1, 0.15) is 12.8 Å². The maximum absolute atomic E-state index is 13.8. The van der Waals surface area contributed by atoms with Crippen molar-refractivity contribution in [1.29, 1.82) is 0 Å².